The summed E-state index contributed by atoms with van der Waals surface area (Å²) < 4.78 is 0. The van der Waals surface area contributed by atoms with Crippen LogP contribution >= 0.6 is 0 Å². The lowest BCUT2D eigenvalue weighted by molar-refractivity contribution is -0.126. The summed E-state index contributed by atoms with van der Waals surface area (Å²) in [7, 11) is 0. The van der Waals surface area contributed by atoms with Gasteiger partial charge < -0.3 is 16.0 Å². The first-order chi connectivity index (χ1) is 12.9. The van der Waals surface area contributed by atoms with Crippen molar-refractivity contribution in [3.8, 4) is 0 Å². The zero-order valence-corrected chi connectivity index (χ0v) is 15.4. The van der Waals surface area contributed by atoms with Gasteiger partial charge in [0.1, 0.15) is 0 Å². The number of carbonyl (C=O) groups excluding carboxylic acids is 3. The van der Waals surface area contributed by atoms with Crippen LogP contribution in [0.3, 0.4) is 0 Å². The minimum Gasteiger partial charge on any atom is -0.325 e. The van der Waals surface area contributed by atoms with Gasteiger partial charge in [-0.1, -0.05) is 37.3 Å². The molecule has 1 unspecified atom stereocenters. The second kappa shape index (κ2) is 9.43. The zero-order valence-electron chi connectivity index (χ0n) is 15.4. The highest BCUT2D eigenvalue weighted by Gasteiger charge is 2.29. The summed E-state index contributed by atoms with van der Waals surface area (Å²) in [5, 5.41) is 13.1. The average molecular weight is 365 g/mol. The third kappa shape index (κ3) is 5.60. The van der Waals surface area contributed by atoms with Crippen LogP contribution in [0.5, 0.6) is 0 Å². The predicted molar refractivity (Wildman–Crippen MR) is 106 cm³/mol. The zero-order chi connectivity index (χ0) is 19.8. The van der Waals surface area contributed by atoms with Crippen molar-refractivity contribution in [2.45, 2.75) is 26.7 Å². The van der Waals surface area contributed by atoms with Crippen molar-refractivity contribution in [2.24, 2.45) is 5.92 Å². The molecule has 6 nitrogen and oxygen atoms in total. The van der Waals surface area contributed by atoms with E-state index in [1.54, 1.807) is 48.5 Å². The smallest absolute Gasteiger partial charge is 0.242 e. The molecule has 1 atom stereocenters. The summed E-state index contributed by atoms with van der Waals surface area (Å²) in [4.78, 5) is 37.1. The van der Waals surface area contributed by atoms with Crippen molar-refractivity contribution < 1.29 is 14.4 Å². The van der Waals surface area contributed by atoms with E-state index in [0.717, 1.165) is 6.42 Å². The molecule has 3 N–H and O–H groups in total. The largest absolute Gasteiger partial charge is 0.325 e. The number of hydrogen-bond acceptors (Lipinski definition) is 4. The van der Waals surface area contributed by atoms with E-state index in [1.807, 2.05) is 13.0 Å². The second-order valence-electron chi connectivity index (χ2n) is 6.21. The van der Waals surface area contributed by atoms with E-state index >= 15 is 0 Å². The molecule has 2 aromatic carbocycles. The third-order valence-electron chi connectivity index (χ3n) is 3.93. The van der Waals surface area contributed by atoms with Gasteiger partial charge in [-0.25, -0.2) is 0 Å². The van der Waals surface area contributed by atoms with Crippen LogP contribution in [0.1, 0.15) is 37.0 Å². The first-order valence-corrected chi connectivity index (χ1v) is 8.77. The lowest BCUT2D eigenvalue weighted by Gasteiger charge is -2.16. The predicted octanol–water partition coefficient (Wildman–Crippen LogP) is 3.90. The molecule has 0 aliphatic heterocycles. The molecule has 2 amide bonds. The van der Waals surface area contributed by atoms with Gasteiger partial charge in [0.25, 0.3) is 0 Å². The van der Waals surface area contributed by atoms with Crippen LogP contribution in [0, 0.1) is 11.3 Å². The Balaban J connectivity index is 2.13. The Morgan fingerprint density at radius 3 is 2.11 bits per heavy atom. The topological polar surface area (TPSA) is 99.1 Å². The van der Waals surface area contributed by atoms with Gasteiger partial charge in [-0.3, -0.25) is 14.4 Å². The molecular formula is C21H23N3O3. The molecule has 0 saturated carbocycles. The van der Waals surface area contributed by atoms with Gasteiger partial charge in [0, 0.05) is 29.1 Å². The fraction of sp³-hybridized carbons (Fsp3) is 0.238. The van der Waals surface area contributed by atoms with Gasteiger partial charge in [0.05, 0.1) is 0 Å². The normalized spacial score (nSPS) is 11.3. The number of Topliss-reactive ketones (excluding diaryl/α,β-unsaturated/α-hetero) is 1. The van der Waals surface area contributed by atoms with Gasteiger partial charge in [-0.15, -0.1) is 0 Å². The van der Waals surface area contributed by atoms with Gasteiger partial charge >= 0.3 is 0 Å². The number of hydrogen-bond donors (Lipinski definition) is 3. The van der Waals surface area contributed by atoms with E-state index in [4.69, 9.17) is 5.41 Å². The summed E-state index contributed by atoms with van der Waals surface area (Å²) in [6.45, 7) is 3.34. The first-order valence-electron chi connectivity index (χ1n) is 8.77. The van der Waals surface area contributed by atoms with E-state index in [1.165, 1.54) is 6.92 Å². The van der Waals surface area contributed by atoms with Gasteiger partial charge in [-0.05, 0) is 37.6 Å². The molecule has 6 heteroatoms. The van der Waals surface area contributed by atoms with Crippen molar-refractivity contribution in [1.29, 1.82) is 5.41 Å². The Morgan fingerprint density at radius 1 is 0.926 bits per heavy atom. The third-order valence-corrected chi connectivity index (χ3v) is 3.93. The van der Waals surface area contributed by atoms with Crippen LogP contribution < -0.4 is 10.6 Å². The van der Waals surface area contributed by atoms with E-state index in [2.05, 4.69) is 10.6 Å². The molecule has 0 spiro atoms. The SMILES string of the molecule is CCCC(=O)c1cccc(NC(=O)C(C(C)=N)C(=O)Nc2ccccc2)c1. The summed E-state index contributed by atoms with van der Waals surface area (Å²) >= 11 is 0. The maximum atomic E-state index is 12.6. The Labute approximate surface area is 158 Å². The quantitative estimate of drug-likeness (QED) is 0.376. The van der Waals surface area contributed by atoms with Crippen LogP contribution in [-0.2, 0) is 9.59 Å². The van der Waals surface area contributed by atoms with E-state index in [9.17, 15) is 14.4 Å². The second-order valence-corrected chi connectivity index (χ2v) is 6.21. The van der Waals surface area contributed by atoms with Gasteiger partial charge in [0.2, 0.25) is 11.8 Å². The molecule has 0 aliphatic rings. The highest BCUT2D eigenvalue weighted by Crippen LogP contribution is 2.16. The molecule has 2 rings (SSSR count). The molecule has 27 heavy (non-hydrogen) atoms. The van der Waals surface area contributed by atoms with Crippen LogP contribution in [0.4, 0.5) is 11.4 Å². The standard InChI is InChI=1S/C21H23N3O3/c1-3-8-18(25)15-9-7-12-17(13-15)24-21(27)19(14(2)22)20(26)23-16-10-5-4-6-11-16/h4-7,9-13,19,22H,3,8H2,1-2H3,(H,23,26)(H,24,27). The molecule has 0 aliphatic carbocycles. The average Bonchev–Trinajstić information content (AvgIpc) is 2.62. The molecule has 2 aromatic rings. The Kier molecular flexibility index (Phi) is 7.00. The monoisotopic (exact) mass is 365 g/mol. The number of para-hydroxylation sites is 1. The molecule has 0 saturated heterocycles. The number of benzene rings is 2. The van der Waals surface area contributed by atoms with E-state index in [0.29, 0.717) is 23.4 Å². The highest BCUT2D eigenvalue weighted by molar-refractivity contribution is 6.24. The van der Waals surface area contributed by atoms with Crippen molar-refractivity contribution in [3.05, 3.63) is 60.2 Å². The lowest BCUT2D eigenvalue weighted by Crippen LogP contribution is -2.38. The number of rotatable bonds is 8. The fourth-order valence-electron chi connectivity index (χ4n) is 2.60. The summed E-state index contributed by atoms with van der Waals surface area (Å²) in [5.74, 6) is -2.46. The minimum absolute atomic E-state index is 0.00444. The Bertz CT molecular complexity index is 847. The maximum absolute atomic E-state index is 12.6. The molecule has 0 bridgehead atoms. The Hall–Kier alpha value is -3.28. The summed E-state index contributed by atoms with van der Waals surface area (Å²) in [6, 6.07) is 15.3. The van der Waals surface area contributed by atoms with E-state index in [-0.39, 0.29) is 11.5 Å². The van der Waals surface area contributed by atoms with Gasteiger partial charge in [-0.2, -0.15) is 0 Å². The molecule has 0 aromatic heterocycles. The molecule has 140 valence electrons. The first kappa shape index (κ1) is 20.0. The summed E-state index contributed by atoms with van der Waals surface area (Å²) in [6.07, 6.45) is 1.17. The van der Waals surface area contributed by atoms with Crippen LogP contribution in [0.2, 0.25) is 0 Å². The number of carbonyl (C=O) groups is 3. The lowest BCUT2D eigenvalue weighted by atomic mass is 10.0. The molecular weight excluding hydrogens is 342 g/mol. The van der Waals surface area contributed by atoms with E-state index < -0.39 is 17.7 Å². The molecule has 0 fully saturated rings. The molecule has 0 heterocycles. The number of anilines is 2. The number of ketones is 1. The van der Waals surface area contributed by atoms with Crippen molar-refractivity contribution in [1.82, 2.24) is 0 Å². The molecule has 0 radical (unpaired) electrons. The number of nitrogens with one attached hydrogen (secondary N) is 3. The maximum Gasteiger partial charge on any atom is 0.242 e. The highest BCUT2D eigenvalue weighted by atomic mass is 16.2. The van der Waals surface area contributed by atoms with Crippen LogP contribution in [0.25, 0.3) is 0 Å². The van der Waals surface area contributed by atoms with Gasteiger partial charge in [0.15, 0.2) is 11.7 Å². The fourth-order valence-corrected chi connectivity index (χ4v) is 2.60. The summed E-state index contributed by atoms with van der Waals surface area (Å²) in [5.41, 5.74) is 1.40. The van der Waals surface area contributed by atoms with Crippen molar-refractivity contribution in [3.63, 3.8) is 0 Å². The minimum atomic E-state index is -1.26. The van der Waals surface area contributed by atoms with Crippen molar-refractivity contribution >= 4 is 34.7 Å². The number of amides is 2. The van der Waals surface area contributed by atoms with Crippen molar-refractivity contribution in [2.75, 3.05) is 10.6 Å². The van der Waals surface area contributed by atoms with Crippen LogP contribution in [0.15, 0.2) is 54.6 Å². The van der Waals surface area contributed by atoms with Crippen LogP contribution in [-0.4, -0.2) is 23.3 Å². The Morgan fingerprint density at radius 2 is 1.52 bits per heavy atom.